The predicted molar refractivity (Wildman–Crippen MR) is 126 cm³/mol. The van der Waals surface area contributed by atoms with Gasteiger partial charge in [0, 0.05) is 5.57 Å². The van der Waals surface area contributed by atoms with E-state index in [1.165, 1.54) is 0 Å². The van der Waals surface area contributed by atoms with Gasteiger partial charge in [-0.25, -0.2) is 0 Å². The molecule has 0 heterocycles. The molecule has 0 aliphatic carbocycles. The van der Waals surface area contributed by atoms with Crippen molar-refractivity contribution in [2.75, 3.05) is 26.2 Å². The molecule has 0 amide bonds. The first-order valence-electron chi connectivity index (χ1n) is 10.4. The van der Waals surface area contributed by atoms with Crippen LogP contribution >= 0.6 is 11.6 Å². The molecule has 0 radical (unpaired) electrons. The summed E-state index contributed by atoms with van der Waals surface area (Å²) in [5.74, 6) is 0.751. The van der Waals surface area contributed by atoms with Crippen LogP contribution in [0.25, 0.3) is 10.6 Å². The summed E-state index contributed by atoms with van der Waals surface area (Å²) in [6, 6.07) is 28.0. The van der Waals surface area contributed by atoms with Gasteiger partial charge in [0.1, 0.15) is 18.9 Å². The zero-order valence-electron chi connectivity index (χ0n) is 17.6. The fourth-order valence-electron chi connectivity index (χ4n) is 3.34. The first kappa shape index (κ1) is 22.1. The van der Waals surface area contributed by atoms with Crippen LogP contribution in [0.4, 0.5) is 0 Å². The first-order chi connectivity index (χ1) is 14.6. The maximum Gasteiger partial charge on any atom is 0.137 e. The number of hydroxylamine groups is 3. The van der Waals surface area contributed by atoms with Crippen LogP contribution in [0.5, 0.6) is 5.75 Å². The van der Waals surface area contributed by atoms with E-state index in [9.17, 15) is 5.21 Å². The Balaban J connectivity index is 1.85. The second-order valence-corrected chi connectivity index (χ2v) is 7.59. The lowest BCUT2D eigenvalue weighted by atomic mass is 9.95. The van der Waals surface area contributed by atoms with Crippen molar-refractivity contribution in [3.8, 4) is 5.75 Å². The third-order valence-corrected chi connectivity index (χ3v) is 5.78. The van der Waals surface area contributed by atoms with Gasteiger partial charge >= 0.3 is 0 Å². The minimum absolute atomic E-state index is 0.230. The van der Waals surface area contributed by atoms with Gasteiger partial charge in [-0.1, -0.05) is 84.4 Å². The molecule has 0 unspecified atom stereocenters. The van der Waals surface area contributed by atoms with Crippen molar-refractivity contribution in [3.05, 3.63) is 107 Å². The number of rotatable bonds is 9. The van der Waals surface area contributed by atoms with Crippen LogP contribution in [0.2, 0.25) is 0 Å². The number of nitrogens with zero attached hydrogens (tertiary/aromatic N) is 1. The molecule has 30 heavy (non-hydrogen) atoms. The number of hydrogen-bond acceptors (Lipinski definition) is 2. The van der Waals surface area contributed by atoms with Gasteiger partial charge in [0.15, 0.2) is 0 Å². The summed E-state index contributed by atoms with van der Waals surface area (Å²) in [6.45, 7) is 5.79. The Morgan fingerprint density at radius 2 is 1.27 bits per heavy atom. The standard InChI is InChI=1S/C26H28ClNO2/c1-3-28(29,4-2)19-20-30-24-17-15-22(16-18-24)25(21-11-7-5-8-12-21)26(27)23-13-9-6-10-14-23/h5-18H,3-4,19-20H2,1-2H3/b26-25-. The van der Waals surface area contributed by atoms with E-state index < -0.39 is 0 Å². The molecule has 3 aromatic carbocycles. The number of quaternary nitrogens is 1. The van der Waals surface area contributed by atoms with E-state index in [1.54, 1.807) is 0 Å². The SMILES string of the molecule is CC[N+]([O-])(CC)CCOc1ccc(/C(=C(\Cl)c2ccccc2)c2ccccc2)cc1. The monoisotopic (exact) mass is 421 g/mol. The maximum atomic E-state index is 12.4. The normalized spacial score (nSPS) is 12.4. The number of hydrogen-bond donors (Lipinski definition) is 0. The molecule has 0 aliphatic rings. The van der Waals surface area contributed by atoms with Gasteiger partial charge < -0.3 is 14.6 Å². The van der Waals surface area contributed by atoms with Gasteiger partial charge in [0.25, 0.3) is 0 Å². The number of benzene rings is 3. The average molecular weight is 422 g/mol. The molecule has 3 aromatic rings. The van der Waals surface area contributed by atoms with Crippen molar-refractivity contribution in [2.24, 2.45) is 0 Å². The Morgan fingerprint density at radius 3 is 1.80 bits per heavy atom. The molecule has 0 bridgehead atoms. The lowest BCUT2D eigenvalue weighted by molar-refractivity contribution is -0.877. The summed E-state index contributed by atoms with van der Waals surface area (Å²) in [7, 11) is 0. The van der Waals surface area contributed by atoms with E-state index in [2.05, 4.69) is 12.1 Å². The van der Waals surface area contributed by atoms with Crippen LogP contribution in [-0.4, -0.2) is 30.9 Å². The second kappa shape index (κ2) is 10.4. The van der Waals surface area contributed by atoms with E-state index >= 15 is 0 Å². The molecule has 0 spiro atoms. The Kier molecular flexibility index (Phi) is 7.69. The molecular weight excluding hydrogens is 394 g/mol. The molecule has 0 N–H and O–H groups in total. The van der Waals surface area contributed by atoms with E-state index in [0.29, 0.717) is 31.3 Å². The Bertz CT molecular complexity index is 949. The van der Waals surface area contributed by atoms with Gasteiger partial charge in [-0.05, 0) is 42.7 Å². The Labute approximate surface area is 184 Å². The molecule has 0 saturated carbocycles. The van der Waals surface area contributed by atoms with E-state index in [4.69, 9.17) is 16.3 Å². The molecule has 0 aliphatic heterocycles. The zero-order valence-corrected chi connectivity index (χ0v) is 18.3. The van der Waals surface area contributed by atoms with Crippen LogP contribution in [0.1, 0.15) is 30.5 Å². The largest absolute Gasteiger partial charge is 0.633 e. The van der Waals surface area contributed by atoms with Crippen LogP contribution in [0.3, 0.4) is 0 Å². The lowest BCUT2D eigenvalue weighted by Gasteiger charge is -2.40. The van der Waals surface area contributed by atoms with Crippen molar-refractivity contribution in [1.29, 1.82) is 0 Å². The molecule has 4 heteroatoms. The third kappa shape index (κ3) is 5.51. The molecule has 0 fully saturated rings. The van der Waals surface area contributed by atoms with E-state index in [-0.39, 0.29) is 4.65 Å². The van der Waals surface area contributed by atoms with E-state index in [0.717, 1.165) is 28.0 Å². The fourth-order valence-corrected chi connectivity index (χ4v) is 3.69. The van der Waals surface area contributed by atoms with Crippen LogP contribution in [-0.2, 0) is 0 Å². The van der Waals surface area contributed by atoms with Gasteiger partial charge in [-0.3, -0.25) is 0 Å². The summed E-state index contributed by atoms with van der Waals surface area (Å²) in [5, 5.41) is 13.1. The summed E-state index contributed by atoms with van der Waals surface area (Å²) in [4.78, 5) is 0. The second-order valence-electron chi connectivity index (χ2n) is 7.21. The quantitative estimate of drug-likeness (QED) is 0.222. The molecule has 0 aromatic heterocycles. The number of ether oxygens (including phenoxy) is 1. The van der Waals surface area contributed by atoms with Crippen LogP contribution in [0.15, 0.2) is 84.9 Å². The van der Waals surface area contributed by atoms with Gasteiger partial charge in [0.05, 0.1) is 18.1 Å². The smallest absolute Gasteiger partial charge is 0.137 e. The average Bonchev–Trinajstić information content (AvgIpc) is 2.81. The molecule has 156 valence electrons. The number of halogens is 1. The minimum Gasteiger partial charge on any atom is -0.633 e. The first-order valence-corrected chi connectivity index (χ1v) is 10.7. The van der Waals surface area contributed by atoms with E-state index in [1.807, 2.05) is 86.6 Å². The summed E-state index contributed by atoms with van der Waals surface area (Å²) in [5.41, 5.74) is 4.02. The lowest BCUT2D eigenvalue weighted by Crippen LogP contribution is -2.44. The molecular formula is C26H28ClNO2. The van der Waals surface area contributed by atoms with Gasteiger partial charge in [-0.15, -0.1) is 0 Å². The zero-order chi connectivity index (χ0) is 21.4. The van der Waals surface area contributed by atoms with Crippen LogP contribution < -0.4 is 4.74 Å². The maximum absolute atomic E-state index is 12.4. The third-order valence-electron chi connectivity index (χ3n) is 5.37. The summed E-state index contributed by atoms with van der Waals surface area (Å²) in [6.07, 6.45) is 0. The number of likely N-dealkylation sites (N-methyl/N-ethyl adjacent to an activating group) is 1. The highest BCUT2D eigenvalue weighted by molar-refractivity contribution is 6.53. The van der Waals surface area contributed by atoms with Gasteiger partial charge in [-0.2, -0.15) is 0 Å². The van der Waals surface area contributed by atoms with Crippen molar-refractivity contribution in [1.82, 2.24) is 0 Å². The van der Waals surface area contributed by atoms with Crippen molar-refractivity contribution >= 4 is 22.2 Å². The Hall–Kier alpha value is -2.59. The van der Waals surface area contributed by atoms with Crippen LogP contribution in [0, 0.1) is 5.21 Å². The fraction of sp³-hybridized carbons (Fsp3) is 0.231. The highest BCUT2D eigenvalue weighted by Gasteiger charge is 2.14. The minimum atomic E-state index is -0.230. The molecule has 3 rings (SSSR count). The molecule has 3 nitrogen and oxygen atoms in total. The van der Waals surface area contributed by atoms with Crippen molar-refractivity contribution < 1.29 is 9.38 Å². The summed E-state index contributed by atoms with van der Waals surface area (Å²) < 4.78 is 5.60. The predicted octanol–water partition coefficient (Wildman–Crippen LogP) is 6.58. The highest BCUT2D eigenvalue weighted by Crippen LogP contribution is 2.35. The molecule has 0 atom stereocenters. The van der Waals surface area contributed by atoms with Crippen molar-refractivity contribution in [3.63, 3.8) is 0 Å². The summed E-state index contributed by atoms with van der Waals surface area (Å²) >= 11 is 6.86. The van der Waals surface area contributed by atoms with Crippen molar-refractivity contribution in [2.45, 2.75) is 13.8 Å². The highest BCUT2D eigenvalue weighted by atomic mass is 35.5. The Morgan fingerprint density at radius 1 is 0.767 bits per heavy atom. The topological polar surface area (TPSA) is 32.3 Å². The van der Waals surface area contributed by atoms with Gasteiger partial charge in [0.2, 0.25) is 0 Å². The molecule has 0 saturated heterocycles.